The van der Waals surface area contributed by atoms with E-state index in [4.69, 9.17) is 20.8 Å². The van der Waals surface area contributed by atoms with Crippen LogP contribution in [0.5, 0.6) is 23.0 Å². The number of benzene rings is 8. The Labute approximate surface area is 399 Å². The van der Waals surface area contributed by atoms with Gasteiger partial charge >= 0.3 is 5.91 Å². The molecule has 8 aromatic carbocycles. The zero-order valence-electron chi connectivity index (χ0n) is 38.5. The molecule has 0 bridgehead atoms. The van der Waals surface area contributed by atoms with E-state index in [-0.39, 0.29) is 10.8 Å². The maximum absolute atomic E-state index is 13.7. The Kier molecular flexibility index (Phi) is 12.8. The van der Waals surface area contributed by atoms with E-state index < -0.39 is 11.8 Å². The third kappa shape index (κ3) is 9.67. The van der Waals surface area contributed by atoms with Crippen molar-refractivity contribution >= 4 is 28.7 Å². The first-order chi connectivity index (χ1) is 33.1. The monoisotopic (exact) mass is 889 g/mol. The summed E-state index contributed by atoms with van der Waals surface area (Å²) in [6.07, 6.45) is 3.45. The summed E-state index contributed by atoms with van der Waals surface area (Å²) in [5.41, 5.74) is 7.18. The standard InChI is InChI=1S/C61H51N3O4/c1-60(2,45-18-10-6-11-19-45)47-26-30-49(31-27-47)63(51-34-38-55(39-35-51)66-53-22-14-8-15-23-53)57-42-44(59(65)62-5)43-58(68-57)64(52-36-40-56(41-37-52)67-54-24-16-9-17-25-54)50-32-28-48(29-33-50)61(3,4)46-20-12-7-13-21-46/h6-44H,1-4H3. The van der Waals surface area contributed by atoms with Crippen LogP contribution in [0.3, 0.4) is 0 Å². The number of rotatable bonds is 15. The van der Waals surface area contributed by atoms with Gasteiger partial charge in [-0.3, -0.25) is 9.80 Å². The normalized spacial score (nSPS) is 12.7. The molecule has 7 heteroatoms. The van der Waals surface area contributed by atoms with E-state index >= 15 is 0 Å². The number of hydrogen-bond donors (Lipinski definition) is 0. The van der Waals surface area contributed by atoms with Crippen molar-refractivity contribution in [3.05, 3.63) is 276 Å². The lowest BCUT2D eigenvalue weighted by molar-refractivity contribution is -0.116. The van der Waals surface area contributed by atoms with Gasteiger partial charge in [-0.25, -0.2) is 0 Å². The van der Waals surface area contributed by atoms with Crippen LogP contribution >= 0.6 is 0 Å². The second-order valence-corrected chi connectivity index (χ2v) is 17.7. The molecule has 68 heavy (non-hydrogen) atoms. The molecule has 0 saturated heterocycles. The van der Waals surface area contributed by atoms with Gasteiger partial charge in [0.05, 0.1) is 12.5 Å². The molecule has 7 nitrogen and oxygen atoms in total. The van der Waals surface area contributed by atoms with Crippen molar-refractivity contribution in [3.63, 3.8) is 0 Å². The first-order valence-corrected chi connectivity index (χ1v) is 22.7. The minimum atomic E-state index is -0.940. The fourth-order valence-corrected chi connectivity index (χ4v) is 8.47. The van der Waals surface area contributed by atoms with E-state index in [1.807, 2.05) is 131 Å². The number of ether oxygens (including phenoxy) is 3. The van der Waals surface area contributed by atoms with Crippen LogP contribution in [0.25, 0.3) is 4.85 Å². The van der Waals surface area contributed by atoms with Crippen molar-refractivity contribution in [2.45, 2.75) is 38.5 Å². The zero-order chi connectivity index (χ0) is 47.1. The van der Waals surface area contributed by atoms with Gasteiger partial charge in [-0.05, 0) is 131 Å². The smallest absolute Gasteiger partial charge is 0.366 e. The molecule has 0 atom stereocenters. The van der Waals surface area contributed by atoms with Crippen molar-refractivity contribution in [3.8, 4) is 23.0 Å². The van der Waals surface area contributed by atoms with Crippen molar-refractivity contribution in [1.82, 2.24) is 0 Å². The van der Waals surface area contributed by atoms with Gasteiger partial charge in [0.25, 0.3) is 0 Å². The molecule has 8 aromatic rings. The number of carbonyl (C=O) groups is 1. The summed E-state index contributed by atoms with van der Waals surface area (Å²) in [6, 6.07) is 72.5. The molecule has 0 unspecified atom stereocenters. The minimum Gasteiger partial charge on any atom is -0.457 e. The van der Waals surface area contributed by atoms with Crippen LogP contribution in [0.4, 0.5) is 22.7 Å². The second kappa shape index (κ2) is 19.5. The van der Waals surface area contributed by atoms with Crippen molar-refractivity contribution in [1.29, 1.82) is 0 Å². The lowest BCUT2D eigenvalue weighted by atomic mass is 9.78. The van der Waals surface area contributed by atoms with Crippen LogP contribution in [-0.2, 0) is 20.4 Å². The Morgan fingerprint density at radius 1 is 0.426 bits per heavy atom. The van der Waals surface area contributed by atoms with E-state index in [1.54, 1.807) is 12.2 Å². The largest absolute Gasteiger partial charge is 0.457 e. The highest BCUT2D eigenvalue weighted by Crippen LogP contribution is 2.42. The van der Waals surface area contributed by atoms with E-state index in [1.165, 1.54) is 11.1 Å². The molecule has 1 heterocycles. The van der Waals surface area contributed by atoms with Gasteiger partial charge in [0.2, 0.25) is 11.8 Å². The molecule has 1 aliphatic rings. The second-order valence-electron chi connectivity index (χ2n) is 17.7. The molecule has 0 radical (unpaired) electrons. The average Bonchev–Trinajstić information content (AvgIpc) is 3.39. The SMILES string of the molecule is [C-]#[N+]C(=O)C1C=C(N(c2ccc(Oc3ccccc3)cc2)c2ccc(C(C)(C)c3ccccc3)cc2)OC(N(c2ccc(Oc3ccccc3)cc2)c2ccc(C(C)(C)c3ccccc3)cc2)=C1. The van der Waals surface area contributed by atoms with E-state index in [0.717, 1.165) is 45.4 Å². The van der Waals surface area contributed by atoms with Crippen LogP contribution in [0.1, 0.15) is 49.9 Å². The highest BCUT2D eigenvalue weighted by atomic mass is 16.5. The number of amides is 1. The van der Waals surface area contributed by atoms with Gasteiger partial charge < -0.3 is 19.0 Å². The Hall–Kier alpha value is -8.60. The Balaban J connectivity index is 1.13. The van der Waals surface area contributed by atoms with Crippen LogP contribution in [0.15, 0.2) is 242 Å². The zero-order valence-corrected chi connectivity index (χ0v) is 38.5. The molecule has 0 fully saturated rings. The van der Waals surface area contributed by atoms with E-state index in [0.29, 0.717) is 23.3 Å². The van der Waals surface area contributed by atoms with Crippen molar-refractivity contribution in [2.24, 2.45) is 5.92 Å². The quantitative estimate of drug-likeness (QED) is 0.0956. The third-order valence-electron chi connectivity index (χ3n) is 12.5. The molecule has 0 spiro atoms. The molecular formula is C61H51N3O4. The topological polar surface area (TPSA) is 55.6 Å². The van der Waals surface area contributed by atoms with Gasteiger partial charge in [-0.1, -0.05) is 149 Å². The van der Waals surface area contributed by atoms with Gasteiger partial charge in [0.1, 0.15) is 23.0 Å². The van der Waals surface area contributed by atoms with Crippen LogP contribution in [0, 0.1) is 12.5 Å². The molecule has 0 aliphatic carbocycles. The average molecular weight is 890 g/mol. The number of hydrogen-bond acceptors (Lipinski definition) is 6. The summed E-state index contributed by atoms with van der Waals surface area (Å²) in [6.45, 7) is 16.8. The van der Waals surface area contributed by atoms with Crippen LogP contribution in [-0.4, -0.2) is 5.91 Å². The molecule has 334 valence electrons. The fraction of sp³-hybridized carbons (Fsp3) is 0.115. The molecule has 1 amide bonds. The lowest BCUT2D eigenvalue weighted by Gasteiger charge is -2.35. The van der Waals surface area contributed by atoms with Gasteiger partial charge in [0.15, 0.2) is 0 Å². The summed E-state index contributed by atoms with van der Waals surface area (Å²) in [7, 11) is 0. The summed E-state index contributed by atoms with van der Waals surface area (Å²) >= 11 is 0. The van der Waals surface area contributed by atoms with Crippen molar-refractivity contribution < 1.29 is 19.0 Å². The highest BCUT2D eigenvalue weighted by molar-refractivity contribution is 5.91. The molecule has 0 aromatic heterocycles. The summed E-state index contributed by atoms with van der Waals surface area (Å²) in [5.74, 6) is 1.89. The molecule has 1 aliphatic heterocycles. The summed E-state index contributed by atoms with van der Waals surface area (Å²) in [5, 5.41) is 0. The maximum atomic E-state index is 13.7. The first kappa shape index (κ1) is 44.6. The first-order valence-electron chi connectivity index (χ1n) is 22.7. The van der Waals surface area contributed by atoms with E-state index in [9.17, 15) is 4.79 Å². The lowest BCUT2D eigenvalue weighted by Crippen LogP contribution is -2.29. The predicted octanol–water partition coefficient (Wildman–Crippen LogP) is 15.7. The molecule has 0 saturated carbocycles. The number of carbonyl (C=O) groups excluding carboxylic acids is 1. The van der Waals surface area contributed by atoms with Gasteiger partial charge in [0, 0.05) is 33.6 Å². The predicted molar refractivity (Wildman–Crippen MR) is 273 cm³/mol. The van der Waals surface area contributed by atoms with E-state index in [2.05, 4.69) is 130 Å². The minimum absolute atomic E-state index is 0.279. The molecule has 9 rings (SSSR count). The fourth-order valence-electron chi connectivity index (χ4n) is 8.47. The summed E-state index contributed by atoms with van der Waals surface area (Å²) in [4.78, 5) is 21.1. The van der Waals surface area contributed by atoms with Crippen LogP contribution < -0.4 is 19.3 Å². The highest BCUT2D eigenvalue weighted by Gasteiger charge is 2.32. The Morgan fingerprint density at radius 3 is 1.03 bits per heavy atom. The summed E-state index contributed by atoms with van der Waals surface area (Å²) < 4.78 is 19.5. The Morgan fingerprint density at radius 2 is 0.706 bits per heavy atom. The number of nitrogens with zero attached hydrogens (tertiary/aromatic N) is 3. The van der Waals surface area contributed by atoms with Gasteiger partial charge in [-0.15, -0.1) is 0 Å². The number of para-hydroxylation sites is 2. The number of anilines is 4. The Bertz CT molecular complexity index is 2870. The maximum Gasteiger partial charge on any atom is 0.366 e. The van der Waals surface area contributed by atoms with Crippen molar-refractivity contribution in [2.75, 3.05) is 9.80 Å². The van der Waals surface area contributed by atoms with Gasteiger partial charge in [-0.2, -0.15) is 4.85 Å². The third-order valence-corrected chi connectivity index (χ3v) is 12.5. The molecular weight excluding hydrogens is 839 g/mol. The molecule has 0 N–H and O–H groups in total. The van der Waals surface area contributed by atoms with Crippen LogP contribution in [0.2, 0.25) is 0 Å².